The summed E-state index contributed by atoms with van der Waals surface area (Å²) in [4.78, 5) is 4.59. The summed E-state index contributed by atoms with van der Waals surface area (Å²) in [6.07, 6.45) is 1.65. The molecule has 1 N–H and O–H groups in total. The Morgan fingerprint density at radius 2 is 2.15 bits per heavy atom. The van der Waals surface area contributed by atoms with Gasteiger partial charge in [0.05, 0.1) is 12.8 Å². The van der Waals surface area contributed by atoms with E-state index >= 15 is 0 Å². The van der Waals surface area contributed by atoms with Crippen LogP contribution in [0.25, 0.3) is 16.8 Å². The zero-order valence-corrected chi connectivity index (χ0v) is 15.2. The molecule has 6 nitrogen and oxygen atoms in total. The molecule has 134 valence electrons. The Morgan fingerprint density at radius 3 is 3.00 bits per heavy atom. The van der Waals surface area contributed by atoms with Gasteiger partial charge in [-0.15, -0.1) is 11.3 Å². The summed E-state index contributed by atoms with van der Waals surface area (Å²) in [6, 6.07) is 15.4. The molecule has 1 aliphatic rings. The van der Waals surface area contributed by atoms with Crippen molar-refractivity contribution in [1.29, 1.82) is 5.26 Å². The topological polar surface area (TPSA) is 76.4 Å². The van der Waals surface area contributed by atoms with E-state index in [4.69, 9.17) is 14.2 Å². The second-order valence-electron chi connectivity index (χ2n) is 5.65. The first-order chi connectivity index (χ1) is 13.3. The van der Waals surface area contributed by atoms with Gasteiger partial charge >= 0.3 is 0 Å². The lowest BCUT2D eigenvalue weighted by Gasteiger charge is -2.04. The van der Waals surface area contributed by atoms with Crippen LogP contribution in [-0.2, 0) is 0 Å². The number of nitriles is 1. The Hall–Kier alpha value is -3.50. The molecule has 0 radical (unpaired) electrons. The van der Waals surface area contributed by atoms with E-state index in [-0.39, 0.29) is 6.79 Å². The number of nitrogens with zero attached hydrogens (tertiary/aromatic N) is 2. The molecule has 2 heterocycles. The van der Waals surface area contributed by atoms with Crippen molar-refractivity contribution in [2.75, 3.05) is 19.2 Å². The number of benzene rings is 2. The Labute approximate surface area is 160 Å². The third-order valence-corrected chi connectivity index (χ3v) is 4.85. The van der Waals surface area contributed by atoms with Crippen molar-refractivity contribution < 1.29 is 14.2 Å². The first-order valence-electron chi connectivity index (χ1n) is 8.13. The summed E-state index contributed by atoms with van der Waals surface area (Å²) in [5.74, 6) is 2.18. The standard InChI is InChI=1S/C20H15N3O3S/c1-24-16-4-2-3-15(8-16)22-10-14(9-21)20-23-17(11-27-20)13-5-6-18-19(7-13)26-12-25-18/h2-8,10-11,22H,12H2,1H3/b14-10-. The number of aromatic nitrogens is 1. The molecule has 0 aliphatic carbocycles. The van der Waals surface area contributed by atoms with Crippen molar-refractivity contribution in [3.8, 4) is 34.6 Å². The molecule has 4 rings (SSSR count). The fourth-order valence-corrected chi connectivity index (χ4v) is 3.39. The first-order valence-corrected chi connectivity index (χ1v) is 9.01. The van der Waals surface area contributed by atoms with Gasteiger partial charge in [-0.2, -0.15) is 5.26 Å². The van der Waals surface area contributed by atoms with Crippen LogP contribution in [0.15, 0.2) is 54.0 Å². The number of thiazole rings is 1. The molecule has 0 spiro atoms. The molecule has 0 saturated heterocycles. The highest BCUT2D eigenvalue weighted by atomic mass is 32.1. The molecule has 0 saturated carbocycles. The zero-order valence-electron chi connectivity index (χ0n) is 14.4. The lowest BCUT2D eigenvalue weighted by atomic mass is 10.1. The highest BCUT2D eigenvalue weighted by Crippen LogP contribution is 2.36. The van der Waals surface area contributed by atoms with Crippen molar-refractivity contribution in [3.05, 3.63) is 59.1 Å². The van der Waals surface area contributed by atoms with Crippen LogP contribution in [0.3, 0.4) is 0 Å². The van der Waals surface area contributed by atoms with E-state index in [0.29, 0.717) is 16.3 Å². The molecule has 0 fully saturated rings. The van der Waals surface area contributed by atoms with Crippen LogP contribution in [0.4, 0.5) is 5.69 Å². The molecular weight excluding hydrogens is 362 g/mol. The van der Waals surface area contributed by atoms with Crippen molar-refractivity contribution in [3.63, 3.8) is 0 Å². The Morgan fingerprint density at radius 1 is 1.26 bits per heavy atom. The number of hydrogen-bond donors (Lipinski definition) is 1. The molecule has 0 atom stereocenters. The summed E-state index contributed by atoms with van der Waals surface area (Å²) >= 11 is 1.41. The van der Waals surface area contributed by atoms with Crippen LogP contribution in [-0.4, -0.2) is 18.9 Å². The molecule has 7 heteroatoms. The first kappa shape index (κ1) is 16.9. The molecule has 3 aromatic rings. The lowest BCUT2D eigenvalue weighted by molar-refractivity contribution is 0.174. The molecule has 0 amide bonds. The van der Waals surface area contributed by atoms with Gasteiger partial charge in [-0.3, -0.25) is 0 Å². The van der Waals surface area contributed by atoms with Crippen LogP contribution in [0.1, 0.15) is 5.01 Å². The van der Waals surface area contributed by atoms with Gasteiger partial charge in [0.1, 0.15) is 22.4 Å². The number of nitrogens with one attached hydrogen (secondary N) is 1. The number of anilines is 1. The SMILES string of the molecule is COc1cccc(N/C=C(/C#N)c2nc(-c3ccc4c(c3)OCO4)cs2)c1. The van der Waals surface area contributed by atoms with Gasteiger partial charge in [0.25, 0.3) is 0 Å². The molecule has 1 aromatic heterocycles. The maximum atomic E-state index is 9.51. The Balaban J connectivity index is 1.56. The number of ether oxygens (including phenoxy) is 3. The number of fused-ring (bicyclic) bond motifs is 1. The van der Waals surface area contributed by atoms with Crippen LogP contribution < -0.4 is 19.5 Å². The zero-order chi connectivity index (χ0) is 18.6. The Bertz CT molecular complexity index is 1050. The normalized spacial score (nSPS) is 12.5. The van der Waals surface area contributed by atoms with Crippen LogP contribution in [0.2, 0.25) is 0 Å². The second kappa shape index (κ2) is 7.40. The number of allylic oxidation sites excluding steroid dienone is 1. The summed E-state index contributed by atoms with van der Waals surface area (Å²) in [5, 5.41) is 15.2. The maximum Gasteiger partial charge on any atom is 0.231 e. The third-order valence-electron chi connectivity index (χ3n) is 3.98. The molecule has 27 heavy (non-hydrogen) atoms. The molecule has 0 bridgehead atoms. The van der Waals surface area contributed by atoms with Crippen molar-refractivity contribution in [2.24, 2.45) is 0 Å². The summed E-state index contributed by atoms with van der Waals surface area (Å²) in [6.45, 7) is 0.234. The van der Waals surface area contributed by atoms with Crippen molar-refractivity contribution in [2.45, 2.75) is 0 Å². The van der Waals surface area contributed by atoms with Gasteiger partial charge in [-0.25, -0.2) is 4.98 Å². The van der Waals surface area contributed by atoms with Crippen molar-refractivity contribution >= 4 is 22.6 Å². The minimum atomic E-state index is 0.234. The highest BCUT2D eigenvalue weighted by Gasteiger charge is 2.15. The van der Waals surface area contributed by atoms with Gasteiger partial charge in [0, 0.05) is 28.9 Å². The average Bonchev–Trinajstić information content (AvgIpc) is 3.37. The summed E-state index contributed by atoms with van der Waals surface area (Å²) in [5.41, 5.74) is 2.99. The van der Waals surface area contributed by atoms with Gasteiger partial charge in [-0.1, -0.05) is 6.07 Å². The van der Waals surface area contributed by atoms with Crippen LogP contribution >= 0.6 is 11.3 Å². The predicted octanol–water partition coefficient (Wildman–Crippen LogP) is 4.52. The highest BCUT2D eigenvalue weighted by molar-refractivity contribution is 7.11. The lowest BCUT2D eigenvalue weighted by Crippen LogP contribution is -1.92. The van der Waals surface area contributed by atoms with E-state index < -0.39 is 0 Å². The van der Waals surface area contributed by atoms with Gasteiger partial charge in [0.15, 0.2) is 11.5 Å². The van der Waals surface area contributed by atoms with Gasteiger partial charge < -0.3 is 19.5 Å². The number of methoxy groups -OCH3 is 1. The van der Waals surface area contributed by atoms with Gasteiger partial charge in [0.2, 0.25) is 6.79 Å². The largest absolute Gasteiger partial charge is 0.497 e. The Kier molecular flexibility index (Phi) is 4.64. The van der Waals surface area contributed by atoms with E-state index in [2.05, 4.69) is 16.4 Å². The average molecular weight is 377 g/mol. The van der Waals surface area contributed by atoms with E-state index in [1.165, 1.54) is 11.3 Å². The van der Waals surface area contributed by atoms with E-state index in [1.807, 2.05) is 47.8 Å². The minimum absolute atomic E-state index is 0.234. The summed E-state index contributed by atoms with van der Waals surface area (Å²) < 4.78 is 15.9. The third kappa shape index (κ3) is 3.57. The van der Waals surface area contributed by atoms with Crippen molar-refractivity contribution in [1.82, 2.24) is 4.98 Å². The molecule has 0 unspecified atom stereocenters. The summed E-state index contributed by atoms with van der Waals surface area (Å²) in [7, 11) is 1.61. The number of rotatable bonds is 5. The van der Waals surface area contributed by atoms with E-state index in [1.54, 1.807) is 13.3 Å². The van der Waals surface area contributed by atoms with Crippen LogP contribution in [0.5, 0.6) is 17.2 Å². The smallest absolute Gasteiger partial charge is 0.231 e. The predicted molar refractivity (Wildman–Crippen MR) is 104 cm³/mol. The quantitative estimate of drug-likeness (QED) is 0.659. The fraction of sp³-hybridized carbons (Fsp3) is 0.100. The van der Waals surface area contributed by atoms with E-state index in [9.17, 15) is 5.26 Å². The van der Waals surface area contributed by atoms with Crippen LogP contribution in [0, 0.1) is 11.3 Å². The maximum absolute atomic E-state index is 9.51. The van der Waals surface area contributed by atoms with E-state index in [0.717, 1.165) is 28.4 Å². The molecule has 2 aromatic carbocycles. The molecule has 1 aliphatic heterocycles. The monoisotopic (exact) mass is 377 g/mol. The molecular formula is C20H15N3O3S. The number of hydrogen-bond acceptors (Lipinski definition) is 7. The second-order valence-corrected chi connectivity index (χ2v) is 6.51. The minimum Gasteiger partial charge on any atom is -0.497 e. The van der Waals surface area contributed by atoms with Gasteiger partial charge in [-0.05, 0) is 30.3 Å². The fourth-order valence-electron chi connectivity index (χ4n) is 2.60.